The highest BCUT2D eigenvalue weighted by atomic mass is 16.3. The number of primary amides is 1. The molecule has 38 heavy (non-hydrogen) atoms. The first-order chi connectivity index (χ1) is 18.0. The summed E-state index contributed by atoms with van der Waals surface area (Å²) in [6.45, 7) is 2.13. The van der Waals surface area contributed by atoms with Crippen LogP contribution in [0.5, 0.6) is 5.75 Å². The van der Waals surface area contributed by atoms with Crippen molar-refractivity contribution in [3.63, 3.8) is 0 Å². The van der Waals surface area contributed by atoms with Crippen LogP contribution in [0.2, 0.25) is 0 Å². The second kappa shape index (κ2) is 9.57. The number of likely N-dealkylation sites (tertiary alicyclic amines) is 1. The molecule has 1 saturated carbocycles. The number of hydrogen-bond donors (Lipinski definition) is 4. The molecule has 1 saturated heterocycles. The maximum Gasteiger partial charge on any atom is 0.255 e. The number of nitriles is 1. The summed E-state index contributed by atoms with van der Waals surface area (Å²) in [6, 6.07) is 4.90. The quantitative estimate of drug-likeness (QED) is 0.340. The summed E-state index contributed by atoms with van der Waals surface area (Å²) in [6.07, 6.45) is 2.28. The van der Waals surface area contributed by atoms with Gasteiger partial charge in [-0.3, -0.25) is 24.2 Å². The normalized spacial score (nSPS) is 28.2. The molecule has 10 heteroatoms. The van der Waals surface area contributed by atoms with Gasteiger partial charge in [-0.2, -0.15) is 5.26 Å². The van der Waals surface area contributed by atoms with Crippen molar-refractivity contribution in [1.82, 2.24) is 9.80 Å². The van der Waals surface area contributed by atoms with Gasteiger partial charge in [0.15, 0.2) is 11.6 Å². The monoisotopic (exact) mass is 520 g/mol. The van der Waals surface area contributed by atoms with Crippen molar-refractivity contribution in [1.29, 1.82) is 5.26 Å². The number of aliphatic hydroxyl groups is 2. The third kappa shape index (κ3) is 3.97. The van der Waals surface area contributed by atoms with Gasteiger partial charge < -0.3 is 21.1 Å². The number of aromatic hydroxyl groups is 1. The van der Waals surface area contributed by atoms with E-state index in [0.717, 1.165) is 37.1 Å². The van der Waals surface area contributed by atoms with Gasteiger partial charge in [-0.05, 0) is 81.9 Å². The molecule has 4 aliphatic rings. The molecule has 2 fully saturated rings. The largest absolute Gasteiger partial charge is 0.510 e. The van der Waals surface area contributed by atoms with Crippen LogP contribution in [0, 0.1) is 35.0 Å². The van der Waals surface area contributed by atoms with Gasteiger partial charge in [-0.15, -0.1) is 0 Å². The average Bonchev–Trinajstić information content (AvgIpc) is 2.85. The van der Waals surface area contributed by atoms with E-state index in [1.807, 2.05) is 6.07 Å². The molecule has 3 unspecified atom stereocenters. The van der Waals surface area contributed by atoms with E-state index < -0.39 is 52.6 Å². The first-order valence-electron chi connectivity index (χ1n) is 12.9. The van der Waals surface area contributed by atoms with Gasteiger partial charge in [-0.25, -0.2) is 0 Å². The smallest absolute Gasteiger partial charge is 0.255 e. The second-order valence-electron chi connectivity index (χ2n) is 11.1. The predicted molar refractivity (Wildman–Crippen MR) is 136 cm³/mol. The van der Waals surface area contributed by atoms with Crippen LogP contribution in [0.3, 0.4) is 0 Å². The Morgan fingerprint density at radius 3 is 2.45 bits per heavy atom. The highest BCUT2D eigenvalue weighted by molar-refractivity contribution is 6.28. The molecule has 1 aromatic carbocycles. The zero-order chi connectivity index (χ0) is 27.5. The Morgan fingerprint density at radius 1 is 1.16 bits per heavy atom. The third-order valence-electron chi connectivity index (χ3n) is 8.71. The molecule has 0 radical (unpaired) electrons. The van der Waals surface area contributed by atoms with Crippen molar-refractivity contribution in [2.75, 3.05) is 27.2 Å². The number of carbonyl (C=O) groups is 3. The fraction of sp³-hybridized carbons (Fsp3) is 0.500. The molecule has 1 amide bonds. The van der Waals surface area contributed by atoms with Gasteiger partial charge in [0.1, 0.15) is 22.8 Å². The summed E-state index contributed by atoms with van der Waals surface area (Å²) < 4.78 is 0. The van der Waals surface area contributed by atoms with Gasteiger partial charge in [0.25, 0.3) is 5.91 Å². The number of ketones is 2. The Kier molecular flexibility index (Phi) is 6.53. The number of hydrogen-bond acceptors (Lipinski definition) is 9. The number of phenols is 1. The van der Waals surface area contributed by atoms with Crippen LogP contribution < -0.4 is 5.73 Å². The Hall–Kier alpha value is -3.68. The molecule has 0 bridgehead atoms. The van der Waals surface area contributed by atoms with Gasteiger partial charge >= 0.3 is 0 Å². The number of rotatable bonds is 4. The number of allylic oxidation sites excluding steroid dienone is 1. The summed E-state index contributed by atoms with van der Waals surface area (Å²) in [5, 5.41) is 42.1. The Balaban J connectivity index is 1.55. The van der Waals surface area contributed by atoms with Crippen LogP contribution in [-0.4, -0.2) is 75.8 Å². The summed E-state index contributed by atoms with van der Waals surface area (Å²) in [4.78, 5) is 43.0. The van der Waals surface area contributed by atoms with E-state index in [-0.39, 0.29) is 28.6 Å². The van der Waals surface area contributed by atoms with Crippen molar-refractivity contribution in [3.8, 4) is 11.8 Å². The maximum atomic E-state index is 13.8. The number of phenolic OH excluding ortho intramolecular Hbond substituents is 1. The number of nitrogens with two attached hydrogens (primary N) is 1. The number of amides is 1. The van der Waals surface area contributed by atoms with Crippen molar-refractivity contribution >= 4 is 23.2 Å². The SMILES string of the molecule is CN(C)[C@@H]1C(O)=C(C(N)=O)C(=O)C2C(=O)C3=C(O)c4c(O)ccc(CN5CCC(C#N)CC5)c4CC3CC21. The topological polar surface area (TPSA) is 168 Å². The molecule has 5 rings (SSSR count). The summed E-state index contributed by atoms with van der Waals surface area (Å²) in [7, 11) is 3.39. The lowest BCUT2D eigenvalue weighted by Crippen LogP contribution is -2.55. The first kappa shape index (κ1) is 25.9. The number of benzene rings is 1. The van der Waals surface area contributed by atoms with E-state index >= 15 is 0 Å². The van der Waals surface area contributed by atoms with E-state index in [9.17, 15) is 35.0 Å². The third-order valence-corrected chi connectivity index (χ3v) is 8.71. The molecule has 1 heterocycles. The summed E-state index contributed by atoms with van der Waals surface area (Å²) >= 11 is 0. The lowest BCUT2D eigenvalue weighted by molar-refractivity contribution is -0.136. The van der Waals surface area contributed by atoms with Crippen LogP contribution >= 0.6 is 0 Å². The Labute approximate surface area is 220 Å². The lowest BCUT2D eigenvalue weighted by Gasteiger charge is -2.46. The molecular weight excluding hydrogens is 488 g/mol. The number of fused-ring (bicyclic) bond motifs is 3. The molecule has 0 aromatic heterocycles. The van der Waals surface area contributed by atoms with Crippen LogP contribution in [0.25, 0.3) is 5.76 Å². The van der Waals surface area contributed by atoms with Gasteiger partial charge in [-0.1, -0.05) is 6.07 Å². The van der Waals surface area contributed by atoms with Crippen LogP contribution in [0.1, 0.15) is 36.0 Å². The lowest BCUT2D eigenvalue weighted by atomic mass is 9.59. The molecule has 3 aliphatic carbocycles. The van der Waals surface area contributed by atoms with Gasteiger partial charge in [0.05, 0.1) is 23.6 Å². The number of nitrogens with zero attached hydrogens (tertiary/aromatic N) is 3. The van der Waals surface area contributed by atoms with Gasteiger partial charge in [0, 0.05) is 18.0 Å². The molecular formula is C28H32N4O6. The van der Waals surface area contributed by atoms with Crippen molar-refractivity contribution in [2.45, 2.75) is 38.3 Å². The average molecular weight is 521 g/mol. The van der Waals surface area contributed by atoms with E-state index in [1.54, 1.807) is 19.0 Å². The van der Waals surface area contributed by atoms with E-state index in [1.165, 1.54) is 6.07 Å². The number of Topliss-reactive ketones (excluding diaryl/α,β-unsaturated/α-hetero) is 2. The van der Waals surface area contributed by atoms with Gasteiger partial charge in [0.2, 0.25) is 0 Å². The second-order valence-corrected chi connectivity index (χ2v) is 11.1. The van der Waals surface area contributed by atoms with E-state index in [2.05, 4.69) is 11.0 Å². The minimum absolute atomic E-state index is 0.0547. The number of carbonyl (C=O) groups excluding carboxylic acids is 3. The van der Waals surface area contributed by atoms with Crippen LogP contribution in [-0.2, 0) is 27.3 Å². The van der Waals surface area contributed by atoms with Crippen LogP contribution in [0.4, 0.5) is 0 Å². The standard InChI is InChI=1S/C28H32N4O6/c1-31(2)23-17-10-15-9-16-14(12-32-7-5-13(11-29)6-8-32)3-4-18(33)20(16)24(34)19(15)25(35)21(17)26(36)22(27(23)37)28(30)38/h3-4,13,15,17,21,23,33-34,37H,5-10,12H2,1-2H3,(H2,30,38)/t15?,17?,21?,23-/m0/s1. The number of likely N-dealkylation sites (N-methyl/N-ethyl adjacent to an activating group) is 1. The molecule has 200 valence electrons. The molecule has 0 spiro atoms. The zero-order valence-corrected chi connectivity index (χ0v) is 21.5. The van der Waals surface area contributed by atoms with Crippen molar-refractivity contribution in [3.05, 3.63) is 45.7 Å². The fourth-order valence-corrected chi connectivity index (χ4v) is 6.94. The highest BCUT2D eigenvalue weighted by Crippen LogP contribution is 2.50. The first-order valence-corrected chi connectivity index (χ1v) is 12.9. The Morgan fingerprint density at radius 2 is 1.84 bits per heavy atom. The number of aliphatic hydroxyl groups excluding tert-OH is 2. The summed E-state index contributed by atoms with van der Waals surface area (Å²) in [5.41, 5.74) is 6.80. The molecule has 1 aromatic rings. The fourth-order valence-electron chi connectivity index (χ4n) is 6.94. The molecule has 4 atom stereocenters. The molecule has 10 nitrogen and oxygen atoms in total. The Bertz CT molecular complexity index is 1330. The maximum absolute atomic E-state index is 13.8. The summed E-state index contributed by atoms with van der Waals surface area (Å²) in [5.74, 6) is -5.68. The molecule has 1 aliphatic heterocycles. The number of piperidine rings is 1. The van der Waals surface area contributed by atoms with Crippen LogP contribution in [0.15, 0.2) is 29.0 Å². The highest BCUT2D eigenvalue weighted by Gasteiger charge is 2.55. The molecule has 5 N–H and O–H groups in total. The van der Waals surface area contributed by atoms with Crippen molar-refractivity contribution in [2.24, 2.45) is 29.4 Å². The van der Waals surface area contributed by atoms with E-state index in [4.69, 9.17) is 5.73 Å². The van der Waals surface area contributed by atoms with E-state index in [0.29, 0.717) is 19.4 Å². The van der Waals surface area contributed by atoms with Crippen molar-refractivity contribution < 1.29 is 29.7 Å². The minimum atomic E-state index is -1.26. The minimum Gasteiger partial charge on any atom is -0.510 e. The zero-order valence-electron chi connectivity index (χ0n) is 21.5. The predicted octanol–water partition coefficient (Wildman–Crippen LogP) is 1.58.